The van der Waals surface area contributed by atoms with Crippen LogP contribution in [0.15, 0.2) is 54.1 Å². The molecule has 0 aliphatic rings. The fourth-order valence-corrected chi connectivity index (χ4v) is 2.86. The van der Waals surface area contributed by atoms with E-state index < -0.39 is 0 Å². The Labute approximate surface area is 135 Å². The van der Waals surface area contributed by atoms with E-state index in [0.29, 0.717) is 0 Å². The van der Waals surface area contributed by atoms with Crippen molar-refractivity contribution in [2.24, 2.45) is 0 Å². The van der Waals surface area contributed by atoms with Gasteiger partial charge in [0.15, 0.2) is 0 Å². The molecule has 0 unspecified atom stereocenters. The Hall–Kier alpha value is -2.08. The summed E-state index contributed by atoms with van der Waals surface area (Å²) in [5.74, 6) is 0. The molecule has 0 radical (unpaired) electrons. The van der Waals surface area contributed by atoms with Crippen LogP contribution in [0.4, 0.5) is 0 Å². The highest BCUT2D eigenvalue weighted by atomic mass is 14.1. The summed E-state index contributed by atoms with van der Waals surface area (Å²) in [7, 11) is 0. The van der Waals surface area contributed by atoms with Crippen molar-refractivity contribution in [3.05, 3.63) is 81.9 Å². The van der Waals surface area contributed by atoms with E-state index in [4.69, 9.17) is 0 Å². The number of allylic oxidation sites excluding steroid dienone is 3. The molecule has 2 aromatic carbocycles. The molecule has 0 saturated heterocycles. The van der Waals surface area contributed by atoms with Gasteiger partial charge in [0.2, 0.25) is 0 Å². The van der Waals surface area contributed by atoms with Crippen LogP contribution in [0.2, 0.25) is 0 Å². The predicted molar refractivity (Wildman–Crippen MR) is 99.0 cm³/mol. The Morgan fingerprint density at radius 1 is 0.955 bits per heavy atom. The van der Waals surface area contributed by atoms with Gasteiger partial charge in [0.25, 0.3) is 0 Å². The molecular formula is C22H26. The normalized spacial score (nSPS) is 12.6. The summed E-state index contributed by atoms with van der Waals surface area (Å²) in [5, 5.41) is 0. The van der Waals surface area contributed by atoms with Gasteiger partial charge in [0.05, 0.1) is 0 Å². The van der Waals surface area contributed by atoms with Gasteiger partial charge >= 0.3 is 0 Å². The van der Waals surface area contributed by atoms with Crippen molar-refractivity contribution < 1.29 is 0 Å². The first-order valence-electron chi connectivity index (χ1n) is 8.05. The van der Waals surface area contributed by atoms with Crippen LogP contribution >= 0.6 is 0 Å². The molecule has 0 N–H and O–H groups in total. The topological polar surface area (TPSA) is 0 Å². The van der Waals surface area contributed by atoms with Crippen molar-refractivity contribution in [1.82, 2.24) is 0 Å². The van der Waals surface area contributed by atoms with Gasteiger partial charge in [-0.2, -0.15) is 0 Å². The van der Waals surface area contributed by atoms with Crippen LogP contribution in [0.3, 0.4) is 0 Å². The molecular weight excluding hydrogens is 264 g/mol. The van der Waals surface area contributed by atoms with E-state index in [0.717, 1.165) is 6.42 Å². The van der Waals surface area contributed by atoms with Crippen molar-refractivity contribution in [2.45, 2.75) is 41.0 Å². The number of hydrogen-bond donors (Lipinski definition) is 0. The molecule has 0 saturated carbocycles. The largest absolute Gasteiger partial charge is 0.0767 e. The molecule has 0 aliphatic carbocycles. The Bertz CT molecular complexity index is 715. The molecule has 2 rings (SSSR count). The van der Waals surface area contributed by atoms with Crippen LogP contribution in [0.5, 0.6) is 0 Å². The molecule has 0 spiro atoms. The van der Waals surface area contributed by atoms with Crippen LogP contribution < -0.4 is 0 Å². The lowest BCUT2D eigenvalue weighted by atomic mass is 9.91. The quantitative estimate of drug-likeness (QED) is 0.563. The SMILES string of the molecule is CC/C=C(/C(C)=C/c1ccccc1C)c1ccc(C)cc1C. The van der Waals surface area contributed by atoms with Crippen LogP contribution in [0, 0.1) is 20.8 Å². The summed E-state index contributed by atoms with van der Waals surface area (Å²) in [5.41, 5.74) is 9.29. The molecule has 22 heavy (non-hydrogen) atoms. The first-order chi connectivity index (χ1) is 10.5. The highest BCUT2D eigenvalue weighted by Crippen LogP contribution is 2.29. The van der Waals surface area contributed by atoms with Crippen LogP contribution in [-0.2, 0) is 0 Å². The van der Waals surface area contributed by atoms with Gasteiger partial charge in [0, 0.05) is 0 Å². The third-order valence-corrected chi connectivity index (χ3v) is 4.07. The van der Waals surface area contributed by atoms with E-state index in [9.17, 15) is 0 Å². The zero-order chi connectivity index (χ0) is 16.1. The van der Waals surface area contributed by atoms with E-state index in [1.807, 2.05) is 0 Å². The van der Waals surface area contributed by atoms with Crippen molar-refractivity contribution in [3.63, 3.8) is 0 Å². The Balaban J connectivity index is 2.48. The molecule has 0 heterocycles. The number of aryl methyl sites for hydroxylation is 3. The van der Waals surface area contributed by atoms with Crippen molar-refractivity contribution in [2.75, 3.05) is 0 Å². The average molecular weight is 290 g/mol. The molecule has 0 amide bonds. The second-order valence-electron chi connectivity index (χ2n) is 6.03. The summed E-state index contributed by atoms with van der Waals surface area (Å²) < 4.78 is 0. The summed E-state index contributed by atoms with van der Waals surface area (Å²) in [6, 6.07) is 15.3. The highest BCUT2D eigenvalue weighted by Gasteiger charge is 2.07. The van der Waals surface area contributed by atoms with Gasteiger partial charge < -0.3 is 0 Å². The molecule has 0 atom stereocenters. The predicted octanol–water partition coefficient (Wildman–Crippen LogP) is 6.51. The van der Waals surface area contributed by atoms with Gasteiger partial charge in [-0.05, 0) is 67.5 Å². The second-order valence-corrected chi connectivity index (χ2v) is 6.03. The Morgan fingerprint density at radius 2 is 1.68 bits per heavy atom. The van der Waals surface area contributed by atoms with E-state index >= 15 is 0 Å². The maximum absolute atomic E-state index is 2.34. The maximum Gasteiger partial charge on any atom is -0.0155 e. The number of rotatable bonds is 4. The zero-order valence-electron chi connectivity index (χ0n) is 14.4. The number of hydrogen-bond acceptors (Lipinski definition) is 0. The summed E-state index contributed by atoms with van der Waals surface area (Å²) >= 11 is 0. The minimum atomic E-state index is 1.04. The molecule has 0 nitrogen and oxygen atoms in total. The average Bonchev–Trinajstić information content (AvgIpc) is 2.48. The lowest BCUT2D eigenvalue weighted by molar-refractivity contribution is 1.22. The summed E-state index contributed by atoms with van der Waals surface area (Å²) in [6.45, 7) is 10.9. The molecule has 0 aromatic heterocycles. The smallest absolute Gasteiger partial charge is 0.0155 e. The van der Waals surface area contributed by atoms with Gasteiger partial charge in [-0.1, -0.05) is 67.1 Å². The molecule has 0 aliphatic heterocycles. The monoisotopic (exact) mass is 290 g/mol. The Morgan fingerprint density at radius 3 is 2.32 bits per heavy atom. The van der Waals surface area contributed by atoms with Crippen molar-refractivity contribution in [1.29, 1.82) is 0 Å². The fourth-order valence-electron chi connectivity index (χ4n) is 2.86. The van der Waals surface area contributed by atoms with Crippen LogP contribution in [-0.4, -0.2) is 0 Å². The fraction of sp³-hybridized carbons (Fsp3) is 0.273. The molecule has 0 heteroatoms. The third kappa shape index (κ3) is 3.76. The third-order valence-electron chi connectivity index (χ3n) is 4.07. The lowest BCUT2D eigenvalue weighted by Crippen LogP contribution is -1.93. The first-order valence-corrected chi connectivity index (χ1v) is 8.05. The van der Waals surface area contributed by atoms with Crippen molar-refractivity contribution >= 4 is 11.6 Å². The lowest BCUT2D eigenvalue weighted by Gasteiger charge is -2.13. The molecule has 2 aromatic rings. The van der Waals surface area contributed by atoms with Crippen molar-refractivity contribution in [3.8, 4) is 0 Å². The van der Waals surface area contributed by atoms with Crippen LogP contribution in [0.1, 0.15) is 48.1 Å². The van der Waals surface area contributed by atoms with Gasteiger partial charge in [-0.15, -0.1) is 0 Å². The highest BCUT2D eigenvalue weighted by molar-refractivity contribution is 5.85. The zero-order valence-corrected chi connectivity index (χ0v) is 14.4. The standard InChI is InChI=1S/C22H26/c1-6-9-21(22-13-12-16(2)14-18(22)4)19(5)15-20-11-8-7-10-17(20)3/h7-15H,6H2,1-5H3/b19-15+,21-9-. The second kappa shape index (κ2) is 7.26. The summed E-state index contributed by atoms with van der Waals surface area (Å²) in [6.07, 6.45) is 5.68. The number of benzene rings is 2. The molecule has 0 bridgehead atoms. The van der Waals surface area contributed by atoms with E-state index in [1.54, 1.807) is 0 Å². The van der Waals surface area contributed by atoms with E-state index in [2.05, 4.69) is 89.2 Å². The summed E-state index contributed by atoms with van der Waals surface area (Å²) in [4.78, 5) is 0. The minimum Gasteiger partial charge on any atom is -0.0767 e. The van der Waals surface area contributed by atoms with E-state index in [1.165, 1.54) is 39.0 Å². The van der Waals surface area contributed by atoms with Gasteiger partial charge in [0.1, 0.15) is 0 Å². The minimum absolute atomic E-state index is 1.04. The maximum atomic E-state index is 2.34. The van der Waals surface area contributed by atoms with Crippen LogP contribution in [0.25, 0.3) is 11.6 Å². The van der Waals surface area contributed by atoms with Gasteiger partial charge in [-0.3, -0.25) is 0 Å². The Kier molecular flexibility index (Phi) is 5.38. The van der Waals surface area contributed by atoms with Gasteiger partial charge in [-0.25, -0.2) is 0 Å². The molecule has 0 fully saturated rings. The van der Waals surface area contributed by atoms with E-state index in [-0.39, 0.29) is 0 Å². The molecule has 114 valence electrons. The first kappa shape index (κ1) is 16.3.